The number of rotatable bonds is 6. The van der Waals surface area contributed by atoms with E-state index in [0.29, 0.717) is 26.2 Å². The van der Waals surface area contributed by atoms with Crippen molar-refractivity contribution in [3.05, 3.63) is 0 Å². The van der Waals surface area contributed by atoms with Crippen LogP contribution in [0.4, 0.5) is 0 Å². The summed E-state index contributed by atoms with van der Waals surface area (Å²) >= 11 is 0. The lowest BCUT2D eigenvalue weighted by Crippen LogP contribution is -2.46. The van der Waals surface area contributed by atoms with Crippen LogP contribution in [-0.4, -0.2) is 44.2 Å². The van der Waals surface area contributed by atoms with E-state index in [9.17, 15) is 5.11 Å². The molecule has 1 aliphatic rings. The summed E-state index contributed by atoms with van der Waals surface area (Å²) in [5, 5.41) is 10.5. The molecule has 90 valence electrons. The molecule has 1 rings (SSSR count). The summed E-state index contributed by atoms with van der Waals surface area (Å²) in [6, 6.07) is 0. The van der Waals surface area contributed by atoms with Crippen LogP contribution in [0, 0.1) is 5.92 Å². The van der Waals surface area contributed by atoms with Gasteiger partial charge in [-0.15, -0.1) is 0 Å². The Labute approximate surface area is 91.7 Å². The number of nitrogens with two attached hydrogens (primary N) is 1. The normalized spacial score (nSPS) is 26.2. The fourth-order valence-corrected chi connectivity index (χ4v) is 2.22. The average molecular weight is 217 g/mol. The van der Waals surface area contributed by atoms with Crippen molar-refractivity contribution in [2.45, 2.75) is 31.3 Å². The van der Waals surface area contributed by atoms with E-state index in [-0.39, 0.29) is 5.92 Å². The maximum atomic E-state index is 10.5. The van der Waals surface area contributed by atoms with Crippen LogP contribution < -0.4 is 5.73 Å². The highest BCUT2D eigenvalue weighted by molar-refractivity contribution is 4.87. The summed E-state index contributed by atoms with van der Waals surface area (Å²) in [7, 11) is 1.62. The van der Waals surface area contributed by atoms with Gasteiger partial charge in [-0.3, -0.25) is 0 Å². The first-order valence-electron chi connectivity index (χ1n) is 5.72. The fourth-order valence-electron chi connectivity index (χ4n) is 2.22. The lowest BCUT2D eigenvalue weighted by Gasteiger charge is -2.37. The van der Waals surface area contributed by atoms with Crippen LogP contribution >= 0.6 is 0 Å². The van der Waals surface area contributed by atoms with Gasteiger partial charge >= 0.3 is 0 Å². The Bertz CT molecular complexity index is 171. The van der Waals surface area contributed by atoms with Gasteiger partial charge in [-0.1, -0.05) is 0 Å². The molecule has 2 atom stereocenters. The van der Waals surface area contributed by atoms with E-state index >= 15 is 0 Å². The summed E-state index contributed by atoms with van der Waals surface area (Å²) in [6.07, 6.45) is 3.57. The molecule has 0 aromatic carbocycles. The Hall–Kier alpha value is -0.160. The highest BCUT2D eigenvalue weighted by atomic mass is 16.5. The molecular formula is C11H23NO3. The molecule has 2 unspecified atom stereocenters. The lowest BCUT2D eigenvalue weighted by molar-refractivity contribution is -0.117. The first-order chi connectivity index (χ1) is 7.23. The fraction of sp³-hybridized carbons (Fsp3) is 1.00. The average Bonchev–Trinajstić information content (AvgIpc) is 2.28. The monoisotopic (exact) mass is 217 g/mol. The molecule has 1 aliphatic heterocycles. The minimum Gasteiger partial charge on any atom is -0.387 e. The Morgan fingerprint density at radius 2 is 2.40 bits per heavy atom. The van der Waals surface area contributed by atoms with E-state index in [1.54, 1.807) is 7.11 Å². The zero-order valence-corrected chi connectivity index (χ0v) is 9.58. The standard InChI is InChI=1S/C11H23NO3/c1-14-9-11(13,5-3-6-12)10-4-2-7-15-8-10/h10,13H,2-9,12H2,1H3. The molecule has 3 N–H and O–H groups in total. The van der Waals surface area contributed by atoms with Gasteiger partial charge in [0, 0.05) is 19.6 Å². The van der Waals surface area contributed by atoms with Crippen molar-refractivity contribution in [2.75, 3.05) is 33.5 Å². The van der Waals surface area contributed by atoms with Crippen LogP contribution in [0.2, 0.25) is 0 Å². The molecule has 0 radical (unpaired) electrons. The van der Waals surface area contributed by atoms with E-state index in [1.165, 1.54) is 0 Å². The van der Waals surface area contributed by atoms with Crippen molar-refractivity contribution < 1.29 is 14.6 Å². The van der Waals surface area contributed by atoms with Gasteiger partial charge in [-0.05, 0) is 32.2 Å². The molecule has 0 aromatic rings. The van der Waals surface area contributed by atoms with Crippen molar-refractivity contribution in [3.63, 3.8) is 0 Å². The Kier molecular flexibility index (Phi) is 5.53. The molecule has 0 amide bonds. The van der Waals surface area contributed by atoms with E-state index in [4.69, 9.17) is 15.2 Å². The van der Waals surface area contributed by atoms with Gasteiger partial charge in [0.1, 0.15) is 0 Å². The van der Waals surface area contributed by atoms with Gasteiger partial charge in [0.25, 0.3) is 0 Å². The van der Waals surface area contributed by atoms with E-state index in [1.807, 2.05) is 0 Å². The molecule has 1 heterocycles. The minimum absolute atomic E-state index is 0.192. The van der Waals surface area contributed by atoms with Crippen LogP contribution in [0.1, 0.15) is 25.7 Å². The topological polar surface area (TPSA) is 64.7 Å². The molecule has 0 saturated carbocycles. The maximum Gasteiger partial charge on any atom is 0.0930 e. The molecule has 15 heavy (non-hydrogen) atoms. The largest absolute Gasteiger partial charge is 0.387 e. The number of ether oxygens (including phenoxy) is 2. The van der Waals surface area contributed by atoms with Gasteiger partial charge in [0.2, 0.25) is 0 Å². The predicted octanol–water partition coefficient (Wildman–Crippen LogP) is 0.529. The molecule has 0 spiro atoms. The first kappa shape index (κ1) is 12.9. The SMILES string of the molecule is COCC(O)(CCCN)C1CCCOC1. The summed E-state index contributed by atoms with van der Waals surface area (Å²) < 4.78 is 10.5. The van der Waals surface area contributed by atoms with Crippen molar-refractivity contribution in [2.24, 2.45) is 11.7 Å². The number of aliphatic hydroxyl groups is 1. The Morgan fingerprint density at radius 1 is 1.60 bits per heavy atom. The Morgan fingerprint density at radius 3 is 2.93 bits per heavy atom. The van der Waals surface area contributed by atoms with Gasteiger partial charge in [-0.2, -0.15) is 0 Å². The third kappa shape index (κ3) is 3.72. The molecular weight excluding hydrogens is 194 g/mol. The van der Waals surface area contributed by atoms with Gasteiger partial charge in [0.15, 0.2) is 0 Å². The van der Waals surface area contributed by atoms with E-state index in [2.05, 4.69) is 0 Å². The third-order valence-corrected chi connectivity index (χ3v) is 3.13. The predicted molar refractivity (Wildman–Crippen MR) is 58.7 cm³/mol. The highest BCUT2D eigenvalue weighted by Crippen LogP contribution is 2.30. The highest BCUT2D eigenvalue weighted by Gasteiger charge is 2.37. The summed E-state index contributed by atoms with van der Waals surface area (Å²) in [5.41, 5.74) is 4.72. The maximum absolute atomic E-state index is 10.5. The molecule has 0 bridgehead atoms. The lowest BCUT2D eigenvalue weighted by atomic mass is 9.81. The zero-order chi connectivity index (χ0) is 11.1. The number of methoxy groups -OCH3 is 1. The molecule has 0 aliphatic carbocycles. The minimum atomic E-state index is -0.755. The van der Waals surface area contributed by atoms with Gasteiger partial charge in [-0.25, -0.2) is 0 Å². The second kappa shape index (κ2) is 6.43. The van der Waals surface area contributed by atoms with Crippen LogP contribution in [0.25, 0.3) is 0 Å². The summed E-state index contributed by atoms with van der Waals surface area (Å²) in [4.78, 5) is 0. The second-order valence-electron chi connectivity index (χ2n) is 4.34. The second-order valence-corrected chi connectivity index (χ2v) is 4.34. The molecule has 1 fully saturated rings. The smallest absolute Gasteiger partial charge is 0.0930 e. The first-order valence-corrected chi connectivity index (χ1v) is 5.72. The molecule has 4 heteroatoms. The quantitative estimate of drug-likeness (QED) is 0.681. The molecule has 1 saturated heterocycles. The van der Waals surface area contributed by atoms with Crippen molar-refractivity contribution >= 4 is 0 Å². The van der Waals surface area contributed by atoms with E-state index in [0.717, 1.165) is 25.9 Å². The summed E-state index contributed by atoms with van der Waals surface area (Å²) in [6.45, 7) is 2.45. The van der Waals surface area contributed by atoms with Crippen molar-refractivity contribution in [1.29, 1.82) is 0 Å². The van der Waals surface area contributed by atoms with Crippen LogP contribution in [0.15, 0.2) is 0 Å². The Balaban J connectivity index is 2.52. The van der Waals surface area contributed by atoms with Gasteiger partial charge in [0.05, 0.1) is 18.8 Å². The number of hydrogen-bond acceptors (Lipinski definition) is 4. The van der Waals surface area contributed by atoms with Crippen LogP contribution in [0.5, 0.6) is 0 Å². The third-order valence-electron chi connectivity index (χ3n) is 3.13. The number of hydrogen-bond donors (Lipinski definition) is 2. The zero-order valence-electron chi connectivity index (χ0n) is 9.58. The van der Waals surface area contributed by atoms with Crippen LogP contribution in [0.3, 0.4) is 0 Å². The molecule has 0 aromatic heterocycles. The van der Waals surface area contributed by atoms with Crippen molar-refractivity contribution in [3.8, 4) is 0 Å². The summed E-state index contributed by atoms with van der Waals surface area (Å²) in [5.74, 6) is 0.192. The van der Waals surface area contributed by atoms with E-state index < -0.39 is 5.60 Å². The van der Waals surface area contributed by atoms with Gasteiger partial charge < -0.3 is 20.3 Å². The van der Waals surface area contributed by atoms with Crippen LogP contribution in [-0.2, 0) is 9.47 Å². The molecule has 4 nitrogen and oxygen atoms in total. The van der Waals surface area contributed by atoms with Crippen molar-refractivity contribution in [1.82, 2.24) is 0 Å².